The van der Waals surface area contributed by atoms with Crippen LogP contribution in [0.2, 0.25) is 0 Å². The predicted molar refractivity (Wildman–Crippen MR) is 200 cm³/mol. The van der Waals surface area contributed by atoms with Gasteiger partial charge in [0.25, 0.3) is 5.56 Å². The molecule has 0 spiro atoms. The summed E-state index contributed by atoms with van der Waals surface area (Å²) < 4.78 is 20.8. The molecule has 2 N–H and O–H groups in total. The lowest BCUT2D eigenvalue weighted by molar-refractivity contribution is -0.133. The molecular formula is C42H54FN5O2. The lowest BCUT2D eigenvalue weighted by Crippen LogP contribution is -2.58. The van der Waals surface area contributed by atoms with E-state index < -0.39 is 0 Å². The van der Waals surface area contributed by atoms with Crippen LogP contribution in [0.5, 0.6) is 5.75 Å². The van der Waals surface area contributed by atoms with Crippen LogP contribution in [0, 0.1) is 34.9 Å². The van der Waals surface area contributed by atoms with E-state index in [2.05, 4.69) is 67.5 Å². The van der Waals surface area contributed by atoms with Gasteiger partial charge in [-0.1, -0.05) is 45.0 Å². The molecule has 7 nitrogen and oxygen atoms in total. The molecule has 0 amide bonds. The zero-order valence-electron chi connectivity index (χ0n) is 30.4. The summed E-state index contributed by atoms with van der Waals surface area (Å²) in [6, 6.07) is 21.1. The highest BCUT2D eigenvalue weighted by molar-refractivity contribution is 5.81. The van der Waals surface area contributed by atoms with Gasteiger partial charge in [0.15, 0.2) is 0 Å². The van der Waals surface area contributed by atoms with Crippen molar-refractivity contribution in [3.63, 3.8) is 0 Å². The Labute approximate surface area is 296 Å². The van der Waals surface area contributed by atoms with E-state index in [1.54, 1.807) is 19.2 Å². The number of hydrogen-bond donors (Lipinski definition) is 2. The molecular weight excluding hydrogens is 625 g/mol. The molecule has 2 heterocycles. The quantitative estimate of drug-likeness (QED) is 0.164. The summed E-state index contributed by atoms with van der Waals surface area (Å²) in [5, 5.41) is 8.21. The van der Waals surface area contributed by atoms with E-state index in [4.69, 9.17) is 9.72 Å². The van der Waals surface area contributed by atoms with Gasteiger partial charge in [-0.25, -0.2) is 9.37 Å². The number of nitrogens with one attached hydrogen (secondary N) is 2. The Morgan fingerprint density at radius 1 is 1.00 bits per heavy atom. The fourth-order valence-corrected chi connectivity index (χ4v) is 9.31. The third-order valence-electron chi connectivity index (χ3n) is 12.6. The van der Waals surface area contributed by atoms with E-state index in [9.17, 15) is 9.18 Å². The van der Waals surface area contributed by atoms with Gasteiger partial charge >= 0.3 is 0 Å². The number of methoxy groups -OCH3 is 1. The summed E-state index contributed by atoms with van der Waals surface area (Å²) in [7, 11) is 1.67. The van der Waals surface area contributed by atoms with Gasteiger partial charge in [0.2, 0.25) is 0 Å². The maximum Gasteiger partial charge on any atom is 0.261 e. The van der Waals surface area contributed by atoms with Gasteiger partial charge in [-0.15, -0.1) is 0 Å². The molecule has 1 aliphatic heterocycles. The largest absolute Gasteiger partial charge is 0.497 e. The van der Waals surface area contributed by atoms with Crippen LogP contribution < -0.4 is 20.9 Å². The predicted octanol–water partition coefficient (Wildman–Crippen LogP) is 7.31. The smallest absolute Gasteiger partial charge is 0.261 e. The molecule has 2 unspecified atom stereocenters. The molecule has 1 aromatic heterocycles. The molecule has 4 aromatic rings. The average molecular weight is 680 g/mol. The maximum atomic E-state index is 14.1. The number of aromatic nitrogens is 2. The fraction of sp³-hybridized carbons (Fsp3) is 0.524. The van der Waals surface area contributed by atoms with Crippen LogP contribution >= 0.6 is 0 Å². The van der Waals surface area contributed by atoms with Gasteiger partial charge in [-0.3, -0.25) is 14.3 Å². The van der Waals surface area contributed by atoms with Crippen LogP contribution in [-0.2, 0) is 25.8 Å². The Hall–Kier alpha value is -3.75. The Kier molecular flexibility index (Phi) is 10.0. The van der Waals surface area contributed by atoms with E-state index in [-0.39, 0.29) is 17.5 Å². The van der Waals surface area contributed by atoms with Gasteiger partial charge in [0.1, 0.15) is 17.4 Å². The van der Waals surface area contributed by atoms with Gasteiger partial charge in [0, 0.05) is 44.3 Å². The fourth-order valence-electron chi connectivity index (χ4n) is 9.31. The van der Waals surface area contributed by atoms with Gasteiger partial charge in [-0.2, -0.15) is 0 Å². The highest BCUT2D eigenvalue weighted by Gasteiger charge is 2.56. The van der Waals surface area contributed by atoms with Gasteiger partial charge in [0.05, 0.1) is 24.2 Å². The van der Waals surface area contributed by atoms with Crippen molar-refractivity contribution >= 4 is 16.6 Å². The first kappa shape index (κ1) is 34.7. The Morgan fingerprint density at radius 3 is 2.44 bits per heavy atom. The molecule has 50 heavy (non-hydrogen) atoms. The highest BCUT2D eigenvalue weighted by atomic mass is 19.1. The lowest BCUT2D eigenvalue weighted by atomic mass is 9.43. The van der Waals surface area contributed by atoms with E-state index in [1.165, 1.54) is 25.0 Å². The van der Waals surface area contributed by atoms with Crippen LogP contribution in [0.25, 0.3) is 10.9 Å². The second-order valence-electron chi connectivity index (χ2n) is 15.9. The van der Waals surface area contributed by atoms with Crippen molar-refractivity contribution in [2.45, 2.75) is 85.0 Å². The maximum absolute atomic E-state index is 14.1. The van der Waals surface area contributed by atoms with E-state index >= 15 is 0 Å². The first-order valence-corrected chi connectivity index (χ1v) is 18.7. The summed E-state index contributed by atoms with van der Waals surface area (Å²) in [5.41, 5.74) is 4.33. The van der Waals surface area contributed by atoms with E-state index in [1.807, 2.05) is 22.8 Å². The lowest BCUT2D eigenvalue weighted by Gasteiger charge is -2.62. The minimum Gasteiger partial charge on any atom is -0.497 e. The topological polar surface area (TPSA) is 71.4 Å². The molecule has 3 saturated carbocycles. The summed E-state index contributed by atoms with van der Waals surface area (Å²) in [6.07, 6.45) is 6.04. The number of benzene rings is 3. The molecule has 266 valence electrons. The second kappa shape index (κ2) is 14.5. The zero-order chi connectivity index (χ0) is 35.0. The Balaban J connectivity index is 1.17. The number of hydrogen-bond acceptors (Lipinski definition) is 6. The summed E-state index contributed by atoms with van der Waals surface area (Å²) in [4.78, 5) is 21.9. The SMILES string of the molecule is COc1ccc(CCc2nc3cc(NC(CC4C[C@H]5C[C@@H]([C@@H]4C)C5(C)C)N4CCN[C@@H](C)C4)ccc3c(=O)n2CCc2ccc(F)cc2)cc1. The van der Waals surface area contributed by atoms with Crippen LogP contribution in [0.15, 0.2) is 71.5 Å². The first-order valence-electron chi connectivity index (χ1n) is 18.7. The molecule has 3 aliphatic carbocycles. The first-order chi connectivity index (χ1) is 24.1. The van der Waals surface area contributed by atoms with Crippen LogP contribution in [0.4, 0.5) is 10.1 Å². The monoisotopic (exact) mass is 679 g/mol. The average Bonchev–Trinajstić information content (AvgIpc) is 3.11. The number of halogens is 1. The summed E-state index contributed by atoms with van der Waals surface area (Å²) >= 11 is 0. The Morgan fingerprint density at radius 2 is 1.74 bits per heavy atom. The van der Waals surface area contributed by atoms with E-state index in [0.717, 1.165) is 84.1 Å². The highest BCUT2D eigenvalue weighted by Crippen LogP contribution is 2.63. The molecule has 0 radical (unpaired) electrons. The molecule has 4 fully saturated rings. The number of fused-ring (bicyclic) bond motifs is 3. The van der Waals surface area contributed by atoms with Crippen LogP contribution in [-0.4, -0.2) is 53.4 Å². The third kappa shape index (κ3) is 7.20. The minimum absolute atomic E-state index is 0.0289. The molecule has 8 rings (SSSR count). The standard InChI is InChI=1S/C42H54FN5O2/c1-27-26-47(21-19-44-27)40(23-31-22-32-24-37(28(31)2)42(32,3)4)45-34-13-16-36-38(25-34)46-39(17-10-29-8-14-35(50-5)15-9-29)48(41(36)49)20-18-30-6-11-33(43)12-7-30/h6-9,11-16,25,27-28,31-32,37,40,44-45H,10,17-24,26H2,1-5H3/t27-,28+,31?,32-,37-,40?/m0/s1. The van der Waals surface area contributed by atoms with Crippen molar-refractivity contribution in [2.24, 2.45) is 29.1 Å². The summed E-state index contributed by atoms with van der Waals surface area (Å²) in [5.74, 6) is 4.41. The van der Waals surface area contributed by atoms with Crippen molar-refractivity contribution in [2.75, 3.05) is 32.1 Å². The third-order valence-corrected chi connectivity index (χ3v) is 12.6. The number of piperazine rings is 1. The van der Waals surface area contributed by atoms with Crippen molar-refractivity contribution < 1.29 is 9.13 Å². The molecule has 1 saturated heterocycles. The number of ether oxygens (including phenoxy) is 1. The molecule has 6 atom stereocenters. The van der Waals surface area contributed by atoms with Crippen molar-refractivity contribution in [1.82, 2.24) is 19.8 Å². The second-order valence-corrected chi connectivity index (χ2v) is 15.9. The number of anilines is 1. The van der Waals surface area contributed by atoms with Crippen molar-refractivity contribution in [3.8, 4) is 5.75 Å². The Bertz CT molecular complexity index is 1840. The molecule has 4 aliphatic rings. The van der Waals surface area contributed by atoms with Crippen LogP contribution in [0.3, 0.4) is 0 Å². The molecule has 2 bridgehead atoms. The van der Waals surface area contributed by atoms with Gasteiger partial charge in [-0.05, 0) is 122 Å². The normalized spacial score (nSPS) is 25.2. The number of rotatable bonds is 12. The number of nitrogens with zero attached hydrogens (tertiary/aromatic N) is 3. The minimum atomic E-state index is -0.259. The van der Waals surface area contributed by atoms with Gasteiger partial charge < -0.3 is 15.4 Å². The van der Waals surface area contributed by atoms with Crippen molar-refractivity contribution in [3.05, 3.63) is 99.9 Å². The summed E-state index contributed by atoms with van der Waals surface area (Å²) in [6.45, 7) is 13.2. The molecule has 8 heteroatoms. The van der Waals surface area contributed by atoms with E-state index in [0.29, 0.717) is 42.1 Å². The molecule has 3 aromatic carbocycles. The van der Waals surface area contributed by atoms with Crippen LogP contribution in [0.1, 0.15) is 63.9 Å². The zero-order valence-corrected chi connectivity index (χ0v) is 30.4. The number of aryl methyl sites for hydroxylation is 3. The van der Waals surface area contributed by atoms with Crippen molar-refractivity contribution in [1.29, 1.82) is 0 Å².